The van der Waals surface area contributed by atoms with Gasteiger partial charge in [0.1, 0.15) is 11.3 Å². The largest absolute Gasteiger partial charge is 0.467 e. The number of methoxy groups -OCH3 is 1. The molecule has 17 heavy (non-hydrogen) atoms. The van der Waals surface area contributed by atoms with E-state index in [0.29, 0.717) is 11.3 Å². The summed E-state index contributed by atoms with van der Waals surface area (Å²) in [6, 6.07) is 6.48. The van der Waals surface area contributed by atoms with E-state index < -0.39 is 0 Å². The van der Waals surface area contributed by atoms with Gasteiger partial charge < -0.3 is 13.9 Å². The molecular formula is C13H12O4. The normalized spacial score (nSPS) is 10.4. The highest BCUT2D eigenvalue weighted by atomic mass is 16.7. The van der Waals surface area contributed by atoms with E-state index in [2.05, 4.69) is 6.58 Å². The number of rotatable bonds is 4. The van der Waals surface area contributed by atoms with Crippen molar-refractivity contribution in [2.45, 2.75) is 0 Å². The zero-order chi connectivity index (χ0) is 12.3. The number of ether oxygens (including phenoxy) is 2. The van der Waals surface area contributed by atoms with Gasteiger partial charge in [-0.1, -0.05) is 12.7 Å². The molecule has 0 fully saturated rings. The van der Waals surface area contributed by atoms with Crippen LogP contribution in [0.25, 0.3) is 17.0 Å². The van der Waals surface area contributed by atoms with Gasteiger partial charge in [-0.05, 0) is 18.2 Å². The SMILES string of the molecule is C=Cc1c(OCOC)ccc2oc(=O)ccc12. The molecule has 0 saturated carbocycles. The molecule has 0 aliphatic carbocycles. The van der Waals surface area contributed by atoms with Gasteiger partial charge in [-0.3, -0.25) is 0 Å². The Balaban J connectivity index is 2.60. The van der Waals surface area contributed by atoms with Crippen LogP contribution < -0.4 is 10.4 Å². The summed E-state index contributed by atoms with van der Waals surface area (Å²) in [5.41, 5.74) is 0.915. The molecule has 0 bridgehead atoms. The van der Waals surface area contributed by atoms with Crippen LogP contribution in [-0.2, 0) is 4.74 Å². The van der Waals surface area contributed by atoms with Crippen LogP contribution in [0.1, 0.15) is 5.56 Å². The summed E-state index contributed by atoms with van der Waals surface area (Å²) < 4.78 is 15.3. The van der Waals surface area contributed by atoms with Crippen molar-refractivity contribution in [3.63, 3.8) is 0 Å². The molecule has 1 aromatic heterocycles. The molecule has 0 aliphatic heterocycles. The van der Waals surface area contributed by atoms with Crippen LogP contribution in [0.5, 0.6) is 5.75 Å². The van der Waals surface area contributed by atoms with Gasteiger partial charge in [-0.15, -0.1) is 0 Å². The fourth-order valence-electron chi connectivity index (χ4n) is 1.61. The van der Waals surface area contributed by atoms with E-state index in [4.69, 9.17) is 13.9 Å². The average Bonchev–Trinajstić information content (AvgIpc) is 2.35. The maximum absolute atomic E-state index is 11.1. The molecule has 0 atom stereocenters. The first-order valence-electron chi connectivity index (χ1n) is 5.07. The number of fused-ring (bicyclic) bond motifs is 1. The third-order valence-electron chi connectivity index (χ3n) is 2.34. The van der Waals surface area contributed by atoms with Crippen LogP contribution in [0.3, 0.4) is 0 Å². The minimum Gasteiger partial charge on any atom is -0.467 e. The van der Waals surface area contributed by atoms with Gasteiger partial charge in [0.2, 0.25) is 0 Å². The van der Waals surface area contributed by atoms with E-state index in [1.54, 1.807) is 31.4 Å². The van der Waals surface area contributed by atoms with E-state index in [1.165, 1.54) is 6.07 Å². The molecule has 0 saturated heterocycles. The minimum absolute atomic E-state index is 0.156. The van der Waals surface area contributed by atoms with Gasteiger partial charge in [0, 0.05) is 24.1 Å². The fourth-order valence-corrected chi connectivity index (χ4v) is 1.61. The van der Waals surface area contributed by atoms with Crippen LogP contribution in [0.15, 0.2) is 40.1 Å². The van der Waals surface area contributed by atoms with E-state index in [1.807, 2.05) is 0 Å². The lowest BCUT2D eigenvalue weighted by molar-refractivity contribution is 0.0510. The average molecular weight is 232 g/mol. The molecule has 0 radical (unpaired) electrons. The summed E-state index contributed by atoms with van der Waals surface area (Å²) in [6.07, 6.45) is 1.66. The van der Waals surface area contributed by atoms with Crippen LogP contribution in [-0.4, -0.2) is 13.9 Å². The summed E-state index contributed by atoms with van der Waals surface area (Å²) in [5.74, 6) is 0.642. The molecule has 2 rings (SSSR count). The third-order valence-corrected chi connectivity index (χ3v) is 2.34. The highest BCUT2D eigenvalue weighted by Gasteiger charge is 2.07. The molecule has 0 aliphatic rings. The monoisotopic (exact) mass is 232 g/mol. The lowest BCUT2D eigenvalue weighted by Gasteiger charge is -2.09. The predicted octanol–water partition coefficient (Wildman–Crippen LogP) is 2.42. The molecular weight excluding hydrogens is 220 g/mol. The quantitative estimate of drug-likeness (QED) is 0.600. The summed E-state index contributed by atoms with van der Waals surface area (Å²) >= 11 is 0. The summed E-state index contributed by atoms with van der Waals surface area (Å²) in [5, 5.41) is 0.785. The Labute approximate surface area is 98.1 Å². The molecule has 0 unspecified atom stereocenters. The molecule has 4 heteroatoms. The van der Waals surface area contributed by atoms with Crippen LogP contribution >= 0.6 is 0 Å². The first-order valence-corrected chi connectivity index (χ1v) is 5.07. The standard InChI is InChI=1S/C13H12O4/c1-3-9-10-4-7-13(14)17-12(10)6-5-11(9)16-8-15-2/h3-7H,1,8H2,2H3. The summed E-state index contributed by atoms with van der Waals surface area (Å²) in [7, 11) is 1.55. The summed E-state index contributed by atoms with van der Waals surface area (Å²) in [4.78, 5) is 11.1. The summed E-state index contributed by atoms with van der Waals surface area (Å²) in [6.45, 7) is 3.89. The highest BCUT2D eigenvalue weighted by Crippen LogP contribution is 2.28. The first kappa shape index (κ1) is 11.4. The fraction of sp³-hybridized carbons (Fsp3) is 0.154. The molecule has 0 amide bonds. The lowest BCUT2D eigenvalue weighted by Crippen LogP contribution is -2.01. The van der Waals surface area contributed by atoms with Crippen molar-refractivity contribution in [3.8, 4) is 5.75 Å². The Bertz CT molecular complexity index is 598. The maximum atomic E-state index is 11.1. The third kappa shape index (κ3) is 2.21. The number of hydrogen-bond donors (Lipinski definition) is 0. The molecule has 2 aromatic rings. The molecule has 4 nitrogen and oxygen atoms in total. The molecule has 0 spiro atoms. The van der Waals surface area contributed by atoms with Gasteiger partial charge in [0.25, 0.3) is 0 Å². The van der Waals surface area contributed by atoms with Gasteiger partial charge in [-0.2, -0.15) is 0 Å². The van der Waals surface area contributed by atoms with Crippen molar-refractivity contribution in [3.05, 3.63) is 46.8 Å². The second-order valence-corrected chi connectivity index (χ2v) is 3.40. The molecule has 1 heterocycles. The molecule has 88 valence electrons. The topological polar surface area (TPSA) is 48.7 Å². The van der Waals surface area contributed by atoms with Crippen molar-refractivity contribution in [1.29, 1.82) is 0 Å². The highest BCUT2D eigenvalue weighted by molar-refractivity contribution is 5.89. The van der Waals surface area contributed by atoms with Crippen LogP contribution in [0.4, 0.5) is 0 Å². The maximum Gasteiger partial charge on any atom is 0.336 e. The smallest absolute Gasteiger partial charge is 0.336 e. The van der Waals surface area contributed by atoms with Gasteiger partial charge in [0.15, 0.2) is 6.79 Å². The van der Waals surface area contributed by atoms with E-state index >= 15 is 0 Å². The van der Waals surface area contributed by atoms with Crippen molar-refractivity contribution < 1.29 is 13.9 Å². The second-order valence-electron chi connectivity index (χ2n) is 3.40. The van der Waals surface area contributed by atoms with Gasteiger partial charge >= 0.3 is 5.63 Å². The van der Waals surface area contributed by atoms with Gasteiger partial charge in [-0.25, -0.2) is 4.79 Å². The van der Waals surface area contributed by atoms with Crippen molar-refractivity contribution in [1.82, 2.24) is 0 Å². The van der Waals surface area contributed by atoms with E-state index in [9.17, 15) is 4.79 Å². The van der Waals surface area contributed by atoms with E-state index in [-0.39, 0.29) is 12.4 Å². The molecule has 0 N–H and O–H groups in total. The van der Waals surface area contributed by atoms with Crippen molar-refractivity contribution in [2.75, 3.05) is 13.9 Å². The Hall–Kier alpha value is -2.07. The van der Waals surface area contributed by atoms with Crippen molar-refractivity contribution in [2.24, 2.45) is 0 Å². The number of hydrogen-bond acceptors (Lipinski definition) is 4. The second kappa shape index (κ2) is 4.84. The minimum atomic E-state index is -0.377. The predicted molar refractivity (Wildman–Crippen MR) is 65.1 cm³/mol. The Kier molecular flexibility index (Phi) is 3.25. The van der Waals surface area contributed by atoms with E-state index in [0.717, 1.165) is 10.9 Å². The molecule has 1 aromatic carbocycles. The number of benzene rings is 1. The zero-order valence-electron chi connectivity index (χ0n) is 9.43. The zero-order valence-corrected chi connectivity index (χ0v) is 9.43. The Morgan fingerprint density at radius 2 is 2.18 bits per heavy atom. The first-order chi connectivity index (χ1) is 8.26. The Morgan fingerprint density at radius 1 is 1.35 bits per heavy atom. The van der Waals surface area contributed by atoms with Crippen molar-refractivity contribution >= 4 is 17.0 Å². The van der Waals surface area contributed by atoms with Crippen LogP contribution in [0.2, 0.25) is 0 Å². The van der Waals surface area contributed by atoms with Crippen LogP contribution in [0, 0.1) is 0 Å². The van der Waals surface area contributed by atoms with Gasteiger partial charge in [0.05, 0.1) is 0 Å². The Morgan fingerprint density at radius 3 is 2.88 bits per heavy atom. The lowest BCUT2D eigenvalue weighted by atomic mass is 10.1.